The highest BCUT2D eigenvalue weighted by Gasteiger charge is 2.25. The molecule has 0 radical (unpaired) electrons. The molecule has 0 unspecified atom stereocenters. The third kappa shape index (κ3) is 5.60. The molecule has 0 aliphatic rings. The monoisotopic (exact) mass is 893 g/mol. The van der Waals surface area contributed by atoms with Crippen molar-refractivity contribution in [1.82, 2.24) is 33.2 Å². The Balaban J connectivity index is 1.03. The van der Waals surface area contributed by atoms with E-state index in [0.29, 0.717) is 17.6 Å². The smallest absolute Gasteiger partial charge is 0.238 e. The largest absolute Gasteiger partial charge is 0.309 e. The number of aromatic nitrogens is 7. The molecule has 0 bridgehead atoms. The lowest BCUT2D eigenvalue weighted by Crippen LogP contribution is -2.07. The molecule has 5 aromatic heterocycles. The van der Waals surface area contributed by atoms with Crippen molar-refractivity contribution in [2.45, 2.75) is 0 Å². The van der Waals surface area contributed by atoms with Gasteiger partial charge < -0.3 is 13.7 Å². The van der Waals surface area contributed by atoms with Crippen molar-refractivity contribution in [2.24, 2.45) is 0 Å². The standard InChI is InChI=1S/C63H39N7/c1-4-18-40(19-5-1)61-64-62(41-32-36-57-51(38-41)48-27-13-16-30-55(48)67(57)42-20-6-2-7-21-42)66-63(65-61)70-56-31-17-12-26-47(56)49-34-35-50-52-39-44(68-53-28-14-10-24-45(53)46-25-11-15-29-54(46)68)33-37-58(52)69(59(50)60(49)70)43-22-8-3-9-23-43/h1-39H. The van der Waals surface area contributed by atoms with Crippen LogP contribution in [0.4, 0.5) is 0 Å². The SMILES string of the molecule is c1ccc(-c2nc(-c3ccc4c(c3)c3ccccc3n4-c3ccccc3)nc(-n3c4ccccc4c4ccc5c6cc(-n7c8ccccc8c8ccccc87)ccc6n(-c6ccccc6)c5c43)n2)cc1. The van der Waals surface area contributed by atoms with Gasteiger partial charge in [-0.2, -0.15) is 9.97 Å². The molecular formula is C63H39N7. The second kappa shape index (κ2) is 15.0. The number of benzene rings is 10. The molecule has 0 aliphatic carbocycles. The highest BCUT2D eigenvalue weighted by molar-refractivity contribution is 6.24. The molecule has 0 atom stereocenters. The Labute approximate surface area is 401 Å². The van der Waals surface area contributed by atoms with Gasteiger partial charge in [-0.25, -0.2) is 4.98 Å². The van der Waals surface area contributed by atoms with Crippen LogP contribution < -0.4 is 0 Å². The van der Waals surface area contributed by atoms with Gasteiger partial charge in [0.05, 0.1) is 44.1 Å². The number of hydrogen-bond donors (Lipinski definition) is 0. The second-order valence-electron chi connectivity index (χ2n) is 18.0. The van der Waals surface area contributed by atoms with E-state index in [-0.39, 0.29) is 0 Å². The summed E-state index contributed by atoms with van der Waals surface area (Å²) in [6.45, 7) is 0. The Kier molecular flexibility index (Phi) is 8.23. The molecule has 326 valence electrons. The van der Waals surface area contributed by atoms with Crippen molar-refractivity contribution < 1.29 is 0 Å². The zero-order valence-electron chi connectivity index (χ0n) is 37.6. The fraction of sp³-hybridized carbons (Fsp3) is 0. The van der Waals surface area contributed by atoms with E-state index < -0.39 is 0 Å². The van der Waals surface area contributed by atoms with Gasteiger partial charge in [0.15, 0.2) is 11.6 Å². The molecule has 0 fully saturated rings. The summed E-state index contributed by atoms with van der Waals surface area (Å²) in [5, 5.41) is 9.30. The fourth-order valence-electron chi connectivity index (χ4n) is 11.2. The maximum Gasteiger partial charge on any atom is 0.238 e. The minimum Gasteiger partial charge on any atom is -0.309 e. The molecule has 10 aromatic carbocycles. The molecule has 7 heteroatoms. The van der Waals surface area contributed by atoms with E-state index in [4.69, 9.17) is 15.0 Å². The highest BCUT2D eigenvalue weighted by Crippen LogP contribution is 2.43. The van der Waals surface area contributed by atoms with Crippen molar-refractivity contribution in [3.05, 3.63) is 237 Å². The van der Waals surface area contributed by atoms with Gasteiger partial charge in [-0.15, -0.1) is 0 Å². The fourth-order valence-corrected chi connectivity index (χ4v) is 11.2. The van der Waals surface area contributed by atoms with E-state index in [1.165, 1.54) is 27.2 Å². The molecule has 0 saturated carbocycles. The van der Waals surface area contributed by atoms with Crippen LogP contribution in [0.2, 0.25) is 0 Å². The first-order chi connectivity index (χ1) is 34.7. The molecule has 15 rings (SSSR count). The summed E-state index contributed by atoms with van der Waals surface area (Å²) in [5.74, 6) is 1.75. The first-order valence-corrected chi connectivity index (χ1v) is 23.7. The van der Waals surface area contributed by atoms with Crippen molar-refractivity contribution in [3.63, 3.8) is 0 Å². The first kappa shape index (κ1) is 38.5. The van der Waals surface area contributed by atoms with Gasteiger partial charge in [-0.1, -0.05) is 152 Å². The number of hydrogen-bond acceptors (Lipinski definition) is 3. The lowest BCUT2D eigenvalue weighted by molar-refractivity contribution is 0.953. The van der Waals surface area contributed by atoms with Gasteiger partial charge in [0.1, 0.15) is 0 Å². The summed E-state index contributed by atoms with van der Waals surface area (Å²) in [5.41, 5.74) is 14.0. The maximum absolute atomic E-state index is 5.51. The van der Waals surface area contributed by atoms with Crippen molar-refractivity contribution in [3.8, 4) is 45.8 Å². The summed E-state index contributed by atoms with van der Waals surface area (Å²) in [6.07, 6.45) is 0. The van der Waals surface area contributed by atoms with E-state index in [9.17, 15) is 0 Å². The Morgan fingerprint density at radius 1 is 0.229 bits per heavy atom. The predicted molar refractivity (Wildman–Crippen MR) is 288 cm³/mol. The van der Waals surface area contributed by atoms with Gasteiger partial charge in [0, 0.05) is 71.3 Å². The van der Waals surface area contributed by atoms with Gasteiger partial charge in [-0.05, 0) is 84.9 Å². The minimum absolute atomic E-state index is 0.546. The molecule has 0 amide bonds. The molecule has 0 spiro atoms. The maximum atomic E-state index is 5.51. The Bertz CT molecular complexity index is 4520. The minimum atomic E-state index is 0.546. The van der Waals surface area contributed by atoms with Crippen molar-refractivity contribution in [1.29, 1.82) is 0 Å². The van der Waals surface area contributed by atoms with Gasteiger partial charge >= 0.3 is 0 Å². The predicted octanol–water partition coefficient (Wildman–Crippen LogP) is 15.6. The van der Waals surface area contributed by atoms with E-state index >= 15 is 0 Å². The lowest BCUT2D eigenvalue weighted by Gasteiger charge is -2.13. The van der Waals surface area contributed by atoms with Crippen molar-refractivity contribution >= 4 is 87.2 Å². The van der Waals surface area contributed by atoms with Crippen LogP contribution in [0, 0.1) is 0 Å². The molecule has 0 saturated heterocycles. The normalized spacial score (nSPS) is 12.0. The summed E-state index contributed by atoms with van der Waals surface area (Å²) in [7, 11) is 0. The third-order valence-corrected chi connectivity index (χ3v) is 14.2. The summed E-state index contributed by atoms with van der Waals surface area (Å²) >= 11 is 0. The van der Waals surface area contributed by atoms with E-state index in [0.717, 1.165) is 88.2 Å². The van der Waals surface area contributed by atoms with Crippen molar-refractivity contribution in [2.75, 3.05) is 0 Å². The Morgan fingerprint density at radius 2 is 0.629 bits per heavy atom. The molecule has 7 nitrogen and oxygen atoms in total. The Hall–Kier alpha value is -9.59. The third-order valence-electron chi connectivity index (χ3n) is 14.2. The number of nitrogens with zero attached hydrogens (tertiary/aromatic N) is 7. The van der Waals surface area contributed by atoms with Gasteiger partial charge in [0.25, 0.3) is 0 Å². The van der Waals surface area contributed by atoms with E-state index in [1.54, 1.807) is 0 Å². The van der Waals surface area contributed by atoms with E-state index in [1.807, 2.05) is 18.2 Å². The van der Waals surface area contributed by atoms with Crippen LogP contribution >= 0.6 is 0 Å². The first-order valence-electron chi connectivity index (χ1n) is 23.7. The van der Waals surface area contributed by atoms with Crippen LogP contribution in [0.5, 0.6) is 0 Å². The summed E-state index contributed by atoms with van der Waals surface area (Å²) in [6, 6.07) is 84.3. The van der Waals surface area contributed by atoms with Crippen LogP contribution in [0.15, 0.2) is 237 Å². The summed E-state index contributed by atoms with van der Waals surface area (Å²) < 4.78 is 9.44. The molecule has 15 aromatic rings. The quantitative estimate of drug-likeness (QED) is 0.167. The summed E-state index contributed by atoms with van der Waals surface area (Å²) in [4.78, 5) is 16.2. The van der Waals surface area contributed by atoms with Crippen LogP contribution in [-0.4, -0.2) is 33.2 Å². The number of rotatable bonds is 6. The topological polar surface area (TPSA) is 58.4 Å². The lowest BCUT2D eigenvalue weighted by atomic mass is 10.1. The molecular weight excluding hydrogens is 855 g/mol. The van der Waals surface area contributed by atoms with Crippen LogP contribution in [-0.2, 0) is 0 Å². The molecule has 0 N–H and O–H groups in total. The molecule has 70 heavy (non-hydrogen) atoms. The van der Waals surface area contributed by atoms with Gasteiger partial charge in [-0.3, -0.25) is 4.57 Å². The Morgan fingerprint density at radius 3 is 1.24 bits per heavy atom. The second-order valence-corrected chi connectivity index (χ2v) is 18.0. The van der Waals surface area contributed by atoms with Crippen LogP contribution in [0.25, 0.3) is 133 Å². The highest BCUT2D eigenvalue weighted by atomic mass is 15.2. The zero-order valence-corrected chi connectivity index (χ0v) is 37.6. The average molecular weight is 894 g/mol. The zero-order chi connectivity index (χ0) is 45.9. The van der Waals surface area contributed by atoms with Crippen LogP contribution in [0.3, 0.4) is 0 Å². The number of para-hydroxylation sites is 6. The van der Waals surface area contributed by atoms with E-state index in [2.05, 4.69) is 237 Å². The molecule has 0 aliphatic heterocycles. The van der Waals surface area contributed by atoms with Crippen LogP contribution in [0.1, 0.15) is 0 Å². The van der Waals surface area contributed by atoms with Gasteiger partial charge in [0.2, 0.25) is 5.95 Å². The number of fused-ring (bicyclic) bond motifs is 13. The molecule has 5 heterocycles. The average Bonchev–Trinajstić information content (AvgIpc) is 4.16.